The average Bonchev–Trinajstić information content (AvgIpc) is 2.77. The Kier molecular flexibility index (Phi) is 9.67. The van der Waals surface area contributed by atoms with Gasteiger partial charge in [0.2, 0.25) is 0 Å². The van der Waals surface area contributed by atoms with E-state index in [4.69, 9.17) is 30.5 Å². The SMILES string of the molecule is CCO[C@@H](Cc1ccc(OC/C=C/C#CC2(OC)C=CC=C(OC)C2)c(Cl)c1)C(=O)O. The van der Waals surface area contributed by atoms with Crippen molar-refractivity contribution < 1.29 is 28.8 Å². The van der Waals surface area contributed by atoms with Crippen molar-refractivity contribution in [1.82, 2.24) is 0 Å². The van der Waals surface area contributed by atoms with E-state index >= 15 is 0 Å². The van der Waals surface area contributed by atoms with Crippen LogP contribution in [-0.4, -0.2) is 50.2 Å². The molecule has 7 heteroatoms. The van der Waals surface area contributed by atoms with E-state index in [1.165, 1.54) is 0 Å². The fourth-order valence-corrected chi connectivity index (χ4v) is 3.19. The van der Waals surface area contributed by atoms with Crippen LogP contribution in [0.25, 0.3) is 0 Å². The van der Waals surface area contributed by atoms with Gasteiger partial charge in [0, 0.05) is 26.6 Å². The molecule has 0 saturated carbocycles. The van der Waals surface area contributed by atoms with Gasteiger partial charge in [0.1, 0.15) is 12.4 Å². The van der Waals surface area contributed by atoms with Crippen LogP contribution >= 0.6 is 11.6 Å². The standard InChI is InChI=1S/C24H27ClO6/c1-4-30-22(23(26)27)16-18-10-11-21(20(25)15-18)31-14-7-5-6-12-24(29-3)13-8-9-19(17-24)28-2/h5,7-11,13,15,22H,4,14,16-17H2,1-3H3,(H,26,27)/b7-5+/t22-,24?/m0/s1. The van der Waals surface area contributed by atoms with Crippen molar-refractivity contribution in [1.29, 1.82) is 0 Å². The number of halogens is 1. The number of hydrogen-bond donors (Lipinski definition) is 1. The fraction of sp³-hybridized carbons (Fsp3) is 0.375. The topological polar surface area (TPSA) is 74.2 Å². The Hall–Kier alpha value is -2.72. The second kappa shape index (κ2) is 12.2. The highest BCUT2D eigenvalue weighted by atomic mass is 35.5. The maximum Gasteiger partial charge on any atom is 0.333 e. The zero-order valence-electron chi connectivity index (χ0n) is 17.9. The number of rotatable bonds is 10. The van der Waals surface area contributed by atoms with Crippen LogP contribution in [0.5, 0.6) is 5.75 Å². The monoisotopic (exact) mass is 446 g/mol. The van der Waals surface area contributed by atoms with E-state index in [1.807, 2.05) is 18.2 Å². The number of aliphatic carboxylic acids is 1. The molecule has 1 aromatic carbocycles. The molecule has 1 N–H and O–H groups in total. The van der Waals surface area contributed by atoms with Crippen LogP contribution in [0.1, 0.15) is 18.9 Å². The molecule has 166 valence electrons. The molecule has 0 aromatic heterocycles. The normalized spacial score (nSPS) is 18.8. The second-order valence-electron chi connectivity index (χ2n) is 6.70. The van der Waals surface area contributed by atoms with Crippen LogP contribution < -0.4 is 4.74 Å². The Morgan fingerprint density at radius 1 is 1.39 bits per heavy atom. The fourth-order valence-electron chi connectivity index (χ4n) is 2.93. The third-order valence-corrected chi connectivity index (χ3v) is 4.89. The number of carboxylic acids is 1. The summed E-state index contributed by atoms with van der Waals surface area (Å²) >= 11 is 6.27. The van der Waals surface area contributed by atoms with E-state index in [1.54, 1.807) is 51.5 Å². The van der Waals surface area contributed by atoms with E-state index in [2.05, 4.69) is 11.8 Å². The van der Waals surface area contributed by atoms with Crippen molar-refractivity contribution in [2.24, 2.45) is 0 Å². The molecule has 0 saturated heterocycles. The Bertz CT molecular complexity index is 908. The minimum Gasteiger partial charge on any atom is -0.501 e. The zero-order valence-corrected chi connectivity index (χ0v) is 18.6. The molecule has 0 radical (unpaired) electrons. The van der Waals surface area contributed by atoms with E-state index in [-0.39, 0.29) is 13.0 Å². The van der Waals surface area contributed by atoms with Crippen molar-refractivity contribution >= 4 is 17.6 Å². The summed E-state index contributed by atoms with van der Waals surface area (Å²) in [4.78, 5) is 11.2. The van der Waals surface area contributed by atoms with Crippen molar-refractivity contribution in [2.75, 3.05) is 27.4 Å². The van der Waals surface area contributed by atoms with Gasteiger partial charge in [-0.2, -0.15) is 0 Å². The molecular formula is C24H27ClO6. The number of carboxylic acid groups (broad SMARTS) is 1. The molecule has 2 rings (SSSR count). The first-order valence-electron chi connectivity index (χ1n) is 9.84. The van der Waals surface area contributed by atoms with E-state index in [0.29, 0.717) is 23.8 Å². The van der Waals surface area contributed by atoms with Crippen LogP contribution in [0.3, 0.4) is 0 Å². The Morgan fingerprint density at radius 2 is 2.19 bits per heavy atom. The molecule has 1 aromatic rings. The van der Waals surface area contributed by atoms with Gasteiger partial charge in [0.05, 0.1) is 17.9 Å². The molecule has 1 aliphatic carbocycles. The average molecular weight is 447 g/mol. The number of ether oxygens (including phenoxy) is 4. The molecule has 0 bridgehead atoms. The minimum atomic E-state index is -1.00. The maximum absolute atomic E-state index is 11.2. The first kappa shape index (κ1) is 24.5. The highest BCUT2D eigenvalue weighted by molar-refractivity contribution is 6.32. The first-order valence-corrected chi connectivity index (χ1v) is 10.2. The lowest BCUT2D eigenvalue weighted by Crippen LogP contribution is -2.29. The van der Waals surface area contributed by atoms with Gasteiger partial charge in [-0.25, -0.2) is 4.79 Å². The molecule has 0 aliphatic heterocycles. The lowest BCUT2D eigenvalue weighted by Gasteiger charge is -2.26. The van der Waals surface area contributed by atoms with E-state index in [9.17, 15) is 9.90 Å². The summed E-state index contributed by atoms with van der Waals surface area (Å²) in [5.41, 5.74) is 0.0502. The van der Waals surface area contributed by atoms with Gasteiger partial charge in [-0.15, -0.1) is 0 Å². The number of hydrogen-bond acceptors (Lipinski definition) is 5. The van der Waals surface area contributed by atoms with Gasteiger partial charge in [-0.1, -0.05) is 35.6 Å². The summed E-state index contributed by atoms with van der Waals surface area (Å²) in [6.07, 6.45) is 8.99. The van der Waals surface area contributed by atoms with Gasteiger partial charge in [-0.3, -0.25) is 0 Å². The molecule has 1 unspecified atom stereocenters. The quantitative estimate of drug-likeness (QED) is 0.543. The van der Waals surface area contributed by atoms with Gasteiger partial charge >= 0.3 is 5.97 Å². The van der Waals surface area contributed by atoms with Crippen molar-refractivity contribution in [3.8, 4) is 17.6 Å². The molecule has 0 heterocycles. The number of allylic oxidation sites excluding steroid dienone is 3. The van der Waals surface area contributed by atoms with Gasteiger partial charge < -0.3 is 24.1 Å². The van der Waals surface area contributed by atoms with Gasteiger partial charge in [0.15, 0.2) is 11.7 Å². The largest absolute Gasteiger partial charge is 0.501 e. The zero-order chi connectivity index (χ0) is 22.7. The van der Waals surface area contributed by atoms with Gasteiger partial charge in [0.25, 0.3) is 0 Å². The predicted octanol–water partition coefficient (Wildman–Crippen LogP) is 4.19. The summed E-state index contributed by atoms with van der Waals surface area (Å²) in [5.74, 6) is 6.38. The minimum absolute atomic E-state index is 0.230. The Morgan fingerprint density at radius 3 is 2.84 bits per heavy atom. The van der Waals surface area contributed by atoms with Crippen molar-refractivity contribution in [3.05, 3.63) is 64.9 Å². The molecular weight excluding hydrogens is 420 g/mol. The molecule has 1 aliphatic rings. The molecule has 6 nitrogen and oxygen atoms in total. The maximum atomic E-state index is 11.2. The summed E-state index contributed by atoms with van der Waals surface area (Å²) in [7, 11) is 3.24. The van der Waals surface area contributed by atoms with Crippen molar-refractivity contribution in [2.45, 2.75) is 31.5 Å². The molecule has 0 spiro atoms. The smallest absolute Gasteiger partial charge is 0.333 e. The number of carbonyl (C=O) groups is 1. The summed E-state index contributed by atoms with van der Waals surface area (Å²) in [6.45, 7) is 2.36. The summed E-state index contributed by atoms with van der Waals surface area (Å²) < 4.78 is 21.7. The van der Waals surface area contributed by atoms with E-state index in [0.717, 1.165) is 11.3 Å². The molecule has 31 heavy (non-hydrogen) atoms. The molecule has 2 atom stereocenters. The van der Waals surface area contributed by atoms with E-state index < -0.39 is 17.7 Å². The Labute approximate surface area is 188 Å². The van der Waals surface area contributed by atoms with Crippen LogP contribution in [0.4, 0.5) is 0 Å². The van der Waals surface area contributed by atoms with Crippen LogP contribution in [-0.2, 0) is 25.4 Å². The van der Waals surface area contributed by atoms with Crippen LogP contribution in [0.2, 0.25) is 5.02 Å². The third kappa shape index (κ3) is 7.48. The summed E-state index contributed by atoms with van der Waals surface area (Å²) in [5, 5.41) is 9.60. The van der Waals surface area contributed by atoms with Crippen molar-refractivity contribution in [3.63, 3.8) is 0 Å². The highest BCUT2D eigenvalue weighted by Gasteiger charge is 2.28. The Balaban J connectivity index is 1.91. The van der Waals surface area contributed by atoms with Gasteiger partial charge in [-0.05, 0) is 48.9 Å². The molecule has 0 amide bonds. The van der Waals surface area contributed by atoms with Crippen LogP contribution in [0, 0.1) is 11.8 Å². The molecule has 0 fully saturated rings. The number of benzene rings is 1. The second-order valence-corrected chi connectivity index (χ2v) is 7.11. The van der Waals surface area contributed by atoms with Crippen LogP contribution in [0.15, 0.2) is 54.3 Å². The third-order valence-electron chi connectivity index (χ3n) is 4.59. The lowest BCUT2D eigenvalue weighted by molar-refractivity contribution is -0.149. The highest BCUT2D eigenvalue weighted by Crippen LogP contribution is 2.27. The lowest BCUT2D eigenvalue weighted by atomic mass is 9.94. The first-order chi connectivity index (χ1) is 14.9. The summed E-state index contributed by atoms with van der Waals surface area (Å²) in [6, 6.07) is 5.18. The number of methoxy groups -OCH3 is 2. The predicted molar refractivity (Wildman–Crippen MR) is 119 cm³/mol.